The highest BCUT2D eigenvalue weighted by Crippen LogP contribution is 2.20. The Hall–Kier alpha value is -1.16. The van der Waals surface area contributed by atoms with Gasteiger partial charge in [-0.15, -0.1) is 0 Å². The van der Waals surface area contributed by atoms with Gasteiger partial charge in [-0.3, -0.25) is 4.90 Å². The summed E-state index contributed by atoms with van der Waals surface area (Å²) >= 11 is 2.25. The van der Waals surface area contributed by atoms with E-state index in [2.05, 4.69) is 47.5 Å². The molecule has 8 heteroatoms. The average Bonchev–Trinajstić information content (AvgIpc) is 2.49. The monoisotopic (exact) mass is 390 g/mol. The summed E-state index contributed by atoms with van der Waals surface area (Å²) in [4.78, 5) is 12.9. The van der Waals surface area contributed by atoms with Gasteiger partial charge < -0.3 is 15.8 Å². The molecular weight excluding hydrogens is 371 g/mol. The molecule has 0 spiro atoms. The summed E-state index contributed by atoms with van der Waals surface area (Å²) in [5.74, 6) is 1.27. The van der Waals surface area contributed by atoms with Crippen molar-refractivity contribution in [3.8, 4) is 0 Å². The Kier molecular flexibility index (Phi) is 5.35. The third-order valence-electron chi connectivity index (χ3n) is 3.55. The molecule has 1 fully saturated rings. The molecule has 1 aliphatic rings. The van der Waals surface area contributed by atoms with Crippen molar-refractivity contribution in [3.05, 3.63) is 16.1 Å². The lowest BCUT2D eigenvalue weighted by Gasteiger charge is -2.39. The van der Waals surface area contributed by atoms with Crippen LogP contribution in [0.1, 0.15) is 13.3 Å². The molecule has 20 heavy (non-hydrogen) atoms. The third kappa shape index (κ3) is 3.29. The predicted molar refractivity (Wildman–Crippen MR) is 86.0 cm³/mol. The smallest absolute Gasteiger partial charge is 0.156 e. The quantitative estimate of drug-likeness (QED) is 0.259. The minimum Gasteiger partial charge on any atom is -0.409 e. The largest absolute Gasteiger partial charge is 0.409 e. The van der Waals surface area contributed by atoms with Crippen LogP contribution in [0.25, 0.3) is 0 Å². The van der Waals surface area contributed by atoms with Crippen molar-refractivity contribution < 1.29 is 5.21 Å². The molecule has 2 rings (SSSR count). The fourth-order valence-electron chi connectivity index (χ4n) is 2.51. The normalized spacial score (nSPS) is 19.1. The van der Waals surface area contributed by atoms with Gasteiger partial charge in [0, 0.05) is 32.4 Å². The lowest BCUT2D eigenvalue weighted by Crippen LogP contribution is -2.54. The Morgan fingerprint density at radius 1 is 1.50 bits per heavy atom. The van der Waals surface area contributed by atoms with Gasteiger partial charge in [0.15, 0.2) is 5.84 Å². The lowest BCUT2D eigenvalue weighted by molar-refractivity contribution is 0.215. The van der Waals surface area contributed by atoms with E-state index in [4.69, 9.17) is 10.9 Å². The molecule has 3 N–H and O–H groups in total. The number of halogens is 1. The van der Waals surface area contributed by atoms with E-state index < -0.39 is 0 Å². The molecule has 1 aliphatic heterocycles. The van der Waals surface area contributed by atoms with Gasteiger partial charge >= 0.3 is 0 Å². The van der Waals surface area contributed by atoms with E-state index in [1.54, 1.807) is 6.33 Å². The third-order valence-corrected chi connectivity index (χ3v) is 4.31. The topological polar surface area (TPSA) is 90.9 Å². The first-order valence-electron chi connectivity index (χ1n) is 6.59. The summed E-state index contributed by atoms with van der Waals surface area (Å²) in [5.41, 5.74) is 5.75. The Labute approximate surface area is 132 Å². The Morgan fingerprint density at radius 2 is 2.20 bits per heavy atom. The molecule has 1 aromatic heterocycles. The lowest BCUT2D eigenvalue weighted by atomic mass is 10.1. The number of nitrogens with two attached hydrogens (primary N) is 1. The van der Waals surface area contributed by atoms with Crippen molar-refractivity contribution >= 4 is 34.2 Å². The number of piperazine rings is 1. The molecule has 1 unspecified atom stereocenters. The SMILES string of the molecule is CCC(C(N)=NO)N1CCN(c2ncncc2I)CC1. The van der Waals surface area contributed by atoms with Crippen LogP contribution in [-0.2, 0) is 0 Å². The Bertz CT molecular complexity index is 475. The van der Waals surface area contributed by atoms with Gasteiger partial charge in [-0.05, 0) is 29.0 Å². The second-order valence-corrected chi connectivity index (χ2v) is 5.83. The highest BCUT2D eigenvalue weighted by Gasteiger charge is 2.26. The van der Waals surface area contributed by atoms with Crippen LogP contribution < -0.4 is 10.6 Å². The summed E-state index contributed by atoms with van der Waals surface area (Å²) in [7, 11) is 0. The number of rotatable bonds is 4. The molecule has 0 amide bonds. The van der Waals surface area contributed by atoms with E-state index in [-0.39, 0.29) is 11.9 Å². The molecule has 1 saturated heterocycles. The van der Waals surface area contributed by atoms with Gasteiger partial charge in [-0.25, -0.2) is 9.97 Å². The van der Waals surface area contributed by atoms with Gasteiger partial charge in [0.25, 0.3) is 0 Å². The molecule has 110 valence electrons. The minimum absolute atomic E-state index is 0.00613. The number of aromatic nitrogens is 2. The molecule has 0 aliphatic carbocycles. The van der Waals surface area contributed by atoms with Crippen molar-refractivity contribution in [3.63, 3.8) is 0 Å². The average molecular weight is 390 g/mol. The van der Waals surface area contributed by atoms with Gasteiger partial charge in [0.05, 0.1) is 9.61 Å². The minimum atomic E-state index is 0.00613. The van der Waals surface area contributed by atoms with E-state index >= 15 is 0 Å². The first-order chi connectivity index (χ1) is 9.67. The second-order valence-electron chi connectivity index (χ2n) is 4.67. The molecular formula is C12H19IN6O. The molecule has 2 heterocycles. The number of nitrogens with zero attached hydrogens (tertiary/aromatic N) is 5. The van der Waals surface area contributed by atoms with Gasteiger partial charge in [-0.2, -0.15) is 0 Å². The molecule has 0 bridgehead atoms. The van der Waals surface area contributed by atoms with E-state index in [0.29, 0.717) is 0 Å². The van der Waals surface area contributed by atoms with Crippen LogP contribution in [0.3, 0.4) is 0 Å². The fraction of sp³-hybridized carbons (Fsp3) is 0.583. The number of hydrogen-bond acceptors (Lipinski definition) is 6. The van der Waals surface area contributed by atoms with E-state index in [9.17, 15) is 0 Å². The zero-order valence-corrected chi connectivity index (χ0v) is 13.6. The summed E-state index contributed by atoms with van der Waals surface area (Å²) in [6, 6.07) is 0.00613. The van der Waals surface area contributed by atoms with Crippen LogP contribution >= 0.6 is 22.6 Å². The van der Waals surface area contributed by atoms with Crippen LogP contribution in [0.4, 0.5) is 5.82 Å². The van der Waals surface area contributed by atoms with E-state index in [1.165, 1.54) is 0 Å². The highest BCUT2D eigenvalue weighted by atomic mass is 127. The first-order valence-corrected chi connectivity index (χ1v) is 7.67. The summed E-state index contributed by atoms with van der Waals surface area (Å²) in [5, 5.41) is 12.0. The number of oxime groups is 1. The Morgan fingerprint density at radius 3 is 2.75 bits per heavy atom. The molecule has 1 atom stereocenters. The Balaban J connectivity index is 2.00. The highest BCUT2D eigenvalue weighted by molar-refractivity contribution is 14.1. The molecule has 0 saturated carbocycles. The molecule has 0 aromatic carbocycles. The van der Waals surface area contributed by atoms with Gasteiger partial charge in [-0.1, -0.05) is 12.1 Å². The van der Waals surface area contributed by atoms with Crippen LogP contribution in [0.15, 0.2) is 17.7 Å². The van der Waals surface area contributed by atoms with Crippen molar-refractivity contribution in [1.29, 1.82) is 0 Å². The molecule has 0 radical (unpaired) electrons. The van der Waals surface area contributed by atoms with E-state index in [0.717, 1.165) is 42.0 Å². The van der Waals surface area contributed by atoms with Crippen LogP contribution in [0.5, 0.6) is 0 Å². The standard InChI is InChI=1S/C12H19IN6O/c1-2-10(11(14)17-20)18-3-5-19(6-4-18)12-9(13)7-15-8-16-12/h7-8,10,20H,2-6H2,1H3,(H2,14,17). The van der Waals surface area contributed by atoms with Gasteiger partial charge in [0.2, 0.25) is 0 Å². The maximum atomic E-state index is 8.84. The summed E-state index contributed by atoms with van der Waals surface area (Å²) < 4.78 is 1.06. The first kappa shape index (κ1) is 15.2. The van der Waals surface area contributed by atoms with Gasteiger partial charge in [0.1, 0.15) is 12.1 Å². The van der Waals surface area contributed by atoms with Crippen molar-refractivity contribution in [2.75, 3.05) is 31.1 Å². The van der Waals surface area contributed by atoms with Crippen LogP contribution in [0, 0.1) is 3.57 Å². The summed E-state index contributed by atoms with van der Waals surface area (Å²) in [6.45, 7) is 5.54. The van der Waals surface area contributed by atoms with Crippen LogP contribution in [0.2, 0.25) is 0 Å². The zero-order chi connectivity index (χ0) is 14.5. The van der Waals surface area contributed by atoms with Crippen molar-refractivity contribution in [2.24, 2.45) is 10.9 Å². The molecule has 1 aromatic rings. The fourth-order valence-corrected chi connectivity index (χ4v) is 3.15. The maximum Gasteiger partial charge on any atom is 0.156 e. The van der Waals surface area contributed by atoms with Crippen molar-refractivity contribution in [1.82, 2.24) is 14.9 Å². The predicted octanol–water partition coefficient (Wildman–Crippen LogP) is 0.728. The number of anilines is 1. The molecule has 7 nitrogen and oxygen atoms in total. The maximum absolute atomic E-state index is 8.84. The number of hydrogen-bond donors (Lipinski definition) is 2. The summed E-state index contributed by atoms with van der Waals surface area (Å²) in [6.07, 6.45) is 4.23. The van der Waals surface area contributed by atoms with E-state index in [1.807, 2.05) is 13.1 Å². The second kappa shape index (κ2) is 7.02. The number of amidine groups is 1. The zero-order valence-electron chi connectivity index (χ0n) is 11.4. The van der Waals surface area contributed by atoms with Crippen molar-refractivity contribution in [2.45, 2.75) is 19.4 Å². The van der Waals surface area contributed by atoms with Crippen LogP contribution in [-0.4, -0.2) is 58.1 Å².